The molecule has 2 N–H and O–H groups in total. The highest BCUT2D eigenvalue weighted by molar-refractivity contribution is 6.17. The Morgan fingerprint density at radius 1 is 1.09 bits per heavy atom. The highest BCUT2D eigenvalue weighted by atomic mass is 35.5. The van der Waals surface area contributed by atoms with E-state index >= 15 is 0 Å². The van der Waals surface area contributed by atoms with Crippen molar-refractivity contribution in [2.75, 3.05) is 13.1 Å². The summed E-state index contributed by atoms with van der Waals surface area (Å²) in [6, 6.07) is 7.13. The predicted molar refractivity (Wildman–Crippen MR) is 87.2 cm³/mol. The molecule has 1 aromatic carbocycles. The van der Waals surface area contributed by atoms with E-state index in [1.165, 1.54) is 0 Å². The van der Waals surface area contributed by atoms with Crippen molar-refractivity contribution >= 4 is 23.6 Å². The number of nitrogens with one attached hydrogen (secondary N) is 2. The van der Waals surface area contributed by atoms with Crippen LogP contribution in [0.3, 0.4) is 0 Å². The molecule has 0 saturated carbocycles. The van der Waals surface area contributed by atoms with Gasteiger partial charge in [0.2, 0.25) is 0 Å². The van der Waals surface area contributed by atoms with Crippen LogP contribution in [-0.4, -0.2) is 30.7 Å². The number of carbonyl (C=O) groups excluding carboxylic acids is 2. The zero-order valence-electron chi connectivity index (χ0n) is 13.2. The van der Waals surface area contributed by atoms with E-state index in [0.717, 1.165) is 5.56 Å². The molecule has 0 fully saturated rings. The maximum atomic E-state index is 11.9. The largest absolute Gasteiger partial charge is 0.444 e. The summed E-state index contributed by atoms with van der Waals surface area (Å²) in [7, 11) is 0. The zero-order chi connectivity index (χ0) is 16.6. The normalized spacial score (nSPS) is 10.9. The van der Waals surface area contributed by atoms with Gasteiger partial charge in [-0.2, -0.15) is 0 Å². The molecule has 0 unspecified atom stereocenters. The Hall–Kier alpha value is -1.75. The van der Waals surface area contributed by atoms with Crippen LogP contribution >= 0.6 is 11.6 Å². The van der Waals surface area contributed by atoms with Crippen LogP contribution in [0.25, 0.3) is 0 Å². The molecule has 0 bridgehead atoms. The SMILES string of the molecule is CC(C)(C)OC(=O)NCCCNC(=O)c1ccc(CCl)cc1. The van der Waals surface area contributed by atoms with Crippen LogP contribution in [0.2, 0.25) is 0 Å². The molecule has 0 aromatic heterocycles. The monoisotopic (exact) mass is 326 g/mol. The van der Waals surface area contributed by atoms with Gasteiger partial charge in [-0.1, -0.05) is 12.1 Å². The van der Waals surface area contributed by atoms with E-state index in [9.17, 15) is 9.59 Å². The highest BCUT2D eigenvalue weighted by Crippen LogP contribution is 2.07. The van der Waals surface area contributed by atoms with Gasteiger partial charge in [-0.15, -0.1) is 11.6 Å². The second-order valence-electron chi connectivity index (χ2n) is 5.87. The fourth-order valence-corrected chi connectivity index (χ4v) is 1.82. The molecule has 0 aliphatic heterocycles. The summed E-state index contributed by atoms with van der Waals surface area (Å²) in [5, 5.41) is 5.44. The third-order valence-corrected chi connectivity index (χ3v) is 2.99. The highest BCUT2D eigenvalue weighted by Gasteiger charge is 2.15. The van der Waals surface area contributed by atoms with Crippen molar-refractivity contribution in [3.8, 4) is 0 Å². The number of amides is 2. The van der Waals surface area contributed by atoms with Gasteiger partial charge < -0.3 is 15.4 Å². The van der Waals surface area contributed by atoms with Gasteiger partial charge in [0.15, 0.2) is 0 Å². The Morgan fingerprint density at radius 3 is 2.23 bits per heavy atom. The number of ether oxygens (including phenoxy) is 1. The standard InChI is InChI=1S/C16H23ClN2O3/c1-16(2,3)22-15(21)19-10-4-9-18-14(20)13-7-5-12(11-17)6-8-13/h5-8H,4,9-11H2,1-3H3,(H,18,20)(H,19,21). The van der Waals surface area contributed by atoms with Crippen molar-refractivity contribution in [2.24, 2.45) is 0 Å². The molecule has 0 saturated heterocycles. The van der Waals surface area contributed by atoms with Gasteiger partial charge in [0.05, 0.1) is 0 Å². The summed E-state index contributed by atoms with van der Waals surface area (Å²) in [6.45, 7) is 6.35. The maximum Gasteiger partial charge on any atom is 0.407 e. The van der Waals surface area contributed by atoms with Crippen molar-refractivity contribution in [1.82, 2.24) is 10.6 Å². The number of hydrogen-bond donors (Lipinski definition) is 2. The molecule has 0 radical (unpaired) electrons. The first-order valence-electron chi connectivity index (χ1n) is 7.22. The van der Waals surface area contributed by atoms with Crippen LogP contribution in [0.5, 0.6) is 0 Å². The second-order valence-corrected chi connectivity index (χ2v) is 6.14. The van der Waals surface area contributed by atoms with Crippen molar-refractivity contribution in [2.45, 2.75) is 38.7 Å². The third kappa shape index (κ3) is 7.31. The Kier molecular flexibility index (Phi) is 7.18. The summed E-state index contributed by atoms with van der Waals surface area (Å²) in [5.74, 6) is 0.288. The summed E-state index contributed by atoms with van der Waals surface area (Å²) < 4.78 is 5.11. The molecule has 5 nitrogen and oxygen atoms in total. The van der Waals surface area contributed by atoms with Crippen LogP contribution in [0, 0.1) is 0 Å². The lowest BCUT2D eigenvalue weighted by Gasteiger charge is -2.19. The van der Waals surface area contributed by atoms with Crippen LogP contribution in [0.4, 0.5) is 4.79 Å². The van der Waals surface area contributed by atoms with E-state index in [2.05, 4.69) is 10.6 Å². The molecule has 122 valence electrons. The van der Waals surface area contributed by atoms with E-state index in [0.29, 0.717) is 31.0 Å². The average Bonchev–Trinajstić information content (AvgIpc) is 2.45. The van der Waals surface area contributed by atoms with E-state index < -0.39 is 11.7 Å². The minimum absolute atomic E-state index is 0.140. The molecule has 0 heterocycles. The Morgan fingerprint density at radius 2 is 1.68 bits per heavy atom. The number of rotatable bonds is 6. The smallest absolute Gasteiger partial charge is 0.407 e. The Labute approximate surface area is 136 Å². The summed E-state index contributed by atoms with van der Waals surface area (Å²) >= 11 is 5.70. The maximum absolute atomic E-state index is 11.9. The Balaban J connectivity index is 2.21. The van der Waals surface area contributed by atoms with Crippen LogP contribution < -0.4 is 10.6 Å². The molecule has 22 heavy (non-hydrogen) atoms. The minimum atomic E-state index is -0.506. The first kappa shape index (κ1) is 18.3. The summed E-state index contributed by atoms with van der Waals surface area (Å²) in [4.78, 5) is 23.3. The van der Waals surface area contributed by atoms with Crippen LogP contribution in [-0.2, 0) is 10.6 Å². The molecular weight excluding hydrogens is 304 g/mol. The lowest BCUT2D eigenvalue weighted by atomic mass is 10.1. The lowest BCUT2D eigenvalue weighted by molar-refractivity contribution is 0.0527. The molecule has 2 amide bonds. The van der Waals surface area contributed by atoms with Crippen molar-refractivity contribution in [3.63, 3.8) is 0 Å². The molecule has 0 aliphatic rings. The van der Waals surface area contributed by atoms with E-state index in [1.807, 2.05) is 32.9 Å². The lowest BCUT2D eigenvalue weighted by Crippen LogP contribution is -2.34. The summed E-state index contributed by atoms with van der Waals surface area (Å²) in [5.41, 5.74) is 1.06. The topological polar surface area (TPSA) is 67.4 Å². The van der Waals surface area contributed by atoms with Gasteiger partial charge in [-0.3, -0.25) is 4.79 Å². The second kappa shape index (κ2) is 8.63. The molecule has 0 spiro atoms. The van der Waals surface area contributed by atoms with Gasteiger partial charge in [0.1, 0.15) is 5.60 Å². The molecule has 1 rings (SSSR count). The number of halogens is 1. The van der Waals surface area contributed by atoms with E-state index in [4.69, 9.17) is 16.3 Å². The van der Waals surface area contributed by atoms with Gasteiger partial charge in [0.25, 0.3) is 5.91 Å². The molecular formula is C16H23ClN2O3. The van der Waals surface area contributed by atoms with Crippen LogP contribution in [0.1, 0.15) is 43.1 Å². The first-order chi connectivity index (χ1) is 10.3. The van der Waals surface area contributed by atoms with Gasteiger partial charge in [0, 0.05) is 24.5 Å². The predicted octanol–water partition coefficient (Wildman–Crippen LogP) is 3.07. The Bertz CT molecular complexity index is 495. The number of alkyl carbamates (subject to hydrolysis) is 1. The zero-order valence-corrected chi connectivity index (χ0v) is 14.0. The number of carbonyl (C=O) groups is 2. The van der Waals surface area contributed by atoms with Gasteiger partial charge in [-0.25, -0.2) is 4.79 Å². The van der Waals surface area contributed by atoms with Crippen molar-refractivity contribution < 1.29 is 14.3 Å². The van der Waals surface area contributed by atoms with E-state index in [-0.39, 0.29) is 5.91 Å². The third-order valence-electron chi connectivity index (χ3n) is 2.68. The van der Waals surface area contributed by atoms with Crippen LogP contribution in [0.15, 0.2) is 24.3 Å². The molecule has 0 atom stereocenters. The molecule has 1 aromatic rings. The number of benzene rings is 1. The van der Waals surface area contributed by atoms with Gasteiger partial charge in [-0.05, 0) is 44.9 Å². The van der Waals surface area contributed by atoms with E-state index in [1.54, 1.807) is 12.1 Å². The minimum Gasteiger partial charge on any atom is -0.444 e. The van der Waals surface area contributed by atoms with Crippen molar-refractivity contribution in [1.29, 1.82) is 0 Å². The van der Waals surface area contributed by atoms with Gasteiger partial charge >= 0.3 is 6.09 Å². The van der Waals surface area contributed by atoms with Crippen molar-refractivity contribution in [3.05, 3.63) is 35.4 Å². The first-order valence-corrected chi connectivity index (χ1v) is 7.75. The average molecular weight is 327 g/mol. The summed E-state index contributed by atoms with van der Waals surface area (Å²) in [6.07, 6.45) is 0.181. The fraction of sp³-hybridized carbons (Fsp3) is 0.500. The molecule has 0 aliphatic carbocycles. The number of alkyl halides is 1. The number of hydrogen-bond acceptors (Lipinski definition) is 3. The molecule has 6 heteroatoms. The fourth-order valence-electron chi connectivity index (χ4n) is 1.64. The quantitative estimate of drug-likeness (QED) is 0.623.